The van der Waals surface area contributed by atoms with Gasteiger partial charge in [0.05, 0.1) is 13.2 Å². The maximum absolute atomic E-state index is 14.5. The molecule has 0 fully saturated rings. The molecule has 3 aromatic carbocycles. The minimum atomic E-state index is -1.68. The minimum absolute atomic E-state index is 0.0121. The number of amides is 6. The van der Waals surface area contributed by atoms with E-state index in [1.807, 2.05) is 0 Å². The fraction of sp³-hybridized carbons (Fsp3) is 0.422. The zero-order valence-corrected chi connectivity index (χ0v) is 36.9. The van der Waals surface area contributed by atoms with Gasteiger partial charge in [-0.05, 0) is 54.0 Å². The van der Waals surface area contributed by atoms with Gasteiger partial charge in [-0.2, -0.15) is 0 Å². The summed E-state index contributed by atoms with van der Waals surface area (Å²) in [6.07, 6.45) is -0.133. The molecule has 0 heterocycles. The highest BCUT2D eigenvalue weighted by Gasteiger charge is 2.34. The van der Waals surface area contributed by atoms with Crippen LogP contribution in [0.3, 0.4) is 0 Å². The van der Waals surface area contributed by atoms with Gasteiger partial charge in [-0.3, -0.25) is 33.8 Å². The first kappa shape index (κ1) is 53.2. The summed E-state index contributed by atoms with van der Waals surface area (Å²) < 4.78 is 0. The second-order valence-corrected chi connectivity index (χ2v) is 16.0. The van der Waals surface area contributed by atoms with Crippen molar-refractivity contribution >= 4 is 47.4 Å². The molecule has 3 rings (SSSR count). The van der Waals surface area contributed by atoms with Crippen LogP contribution in [0.4, 0.5) is 0 Å². The van der Waals surface area contributed by atoms with Gasteiger partial charge in [-0.15, -0.1) is 0 Å². The number of nitrogens with one attached hydrogen (secondary N) is 6. The molecular formula is C45H62N10O11. The number of carboxylic acids is 1. The zero-order chi connectivity index (χ0) is 48.8. The van der Waals surface area contributed by atoms with Gasteiger partial charge in [0.1, 0.15) is 48.0 Å². The van der Waals surface area contributed by atoms with Gasteiger partial charge in [0.15, 0.2) is 5.96 Å². The molecule has 0 saturated carbocycles. The van der Waals surface area contributed by atoms with Gasteiger partial charge < -0.3 is 69.5 Å². The molecule has 0 bridgehead atoms. The fourth-order valence-electron chi connectivity index (χ4n) is 6.58. The summed E-state index contributed by atoms with van der Waals surface area (Å²) in [7, 11) is 0. The van der Waals surface area contributed by atoms with E-state index in [4.69, 9.17) is 17.2 Å². The van der Waals surface area contributed by atoms with Gasteiger partial charge in [0.25, 0.3) is 0 Å². The standard InChI is InChI=1S/C45H62N10O11/c1-26(2)20-33(40(61)50-32(14-9-19-49-45(47)48)39(60)55-37(25-57)44(65)66)52-42(63)36(23-29-15-17-30(58)18-16-29)54-43(64)35(22-28-12-7-4-8-13-28)53-41(62)34(51-38(59)31(46)24-56)21-27-10-5-3-6-11-27/h3-8,10-13,15-18,26,31-37,56-58H,9,14,19-25,46H2,1-2H3,(H,50,61)(H,51,59)(H,52,63)(H,53,62)(H,54,64)(H,55,60)(H,65,66)(H4,47,48,49)/t31-,32-,33-,34-,35-,36-,37-/m0/s1. The van der Waals surface area contributed by atoms with E-state index in [0.29, 0.717) is 16.7 Å². The number of hydrogen-bond acceptors (Lipinski definition) is 12. The highest BCUT2D eigenvalue weighted by molar-refractivity contribution is 5.97. The van der Waals surface area contributed by atoms with Crippen LogP contribution >= 0.6 is 0 Å². The van der Waals surface area contributed by atoms with Gasteiger partial charge in [-0.1, -0.05) is 86.6 Å². The Balaban J connectivity index is 1.98. The first-order valence-corrected chi connectivity index (χ1v) is 21.3. The molecule has 0 aliphatic rings. The smallest absolute Gasteiger partial charge is 0.328 e. The van der Waals surface area contributed by atoms with Crippen LogP contribution in [0.15, 0.2) is 89.9 Å². The van der Waals surface area contributed by atoms with Crippen LogP contribution in [-0.4, -0.2) is 130 Å². The SMILES string of the molecule is CC(C)C[C@H](NC(=O)[C@H](Cc1ccc(O)cc1)NC(=O)[C@H](Cc1ccccc1)NC(=O)[C@H](Cc1ccccc1)NC(=O)[C@@H](N)CO)C(=O)N[C@@H](CCCN=C(N)N)C(=O)N[C@@H](CO)C(=O)O. The maximum Gasteiger partial charge on any atom is 0.328 e. The Bertz CT molecular complexity index is 2090. The maximum atomic E-state index is 14.5. The summed E-state index contributed by atoms with van der Waals surface area (Å²) in [4.78, 5) is 98.6. The fourth-order valence-corrected chi connectivity index (χ4v) is 6.58. The van der Waals surface area contributed by atoms with Crippen LogP contribution in [0.25, 0.3) is 0 Å². The highest BCUT2D eigenvalue weighted by atomic mass is 16.4. The molecular weight excluding hydrogens is 857 g/mol. The van der Waals surface area contributed by atoms with Crippen molar-refractivity contribution < 1.29 is 54.0 Å². The summed E-state index contributed by atoms with van der Waals surface area (Å²) in [5, 5.41) is 53.9. The third-order valence-corrected chi connectivity index (χ3v) is 10.1. The number of aromatic hydroxyl groups is 1. The number of benzene rings is 3. The van der Waals surface area contributed by atoms with E-state index in [9.17, 15) is 54.0 Å². The summed E-state index contributed by atoms with van der Waals surface area (Å²) in [6.45, 7) is 1.99. The van der Waals surface area contributed by atoms with Crippen molar-refractivity contribution in [1.29, 1.82) is 0 Å². The Morgan fingerprint density at radius 3 is 1.36 bits per heavy atom. The normalized spacial score (nSPS) is 14.2. The van der Waals surface area contributed by atoms with Crippen LogP contribution in [0.2, 0.25) is 0 Å². The van der Waals surface area contributed by atoms with Crippen molar-refractivity contribution in [2.75, 3.05) is 19.8 Å². The molecule has 0 aromatic heterocycles. The van der Waals surface area contributed by atoms with Crippen molar-refractivity contribution in [3.63, 3.8) is 0 Å². The molecule has 21 nitrogen and oxygen atoms in total. The largest absolute Gasteiger partial charge is 0.508 e. The Morgan fingerprint density at radius 2 is 0.939 bits per heavy atom. The van der Waals surface area contributed by atoms with E-state index in [-0.39, 0.29) is 62.7 Å². The molecule has 7 atom stereocenters. The first-order chi connectivity index (χ1) is 31.4. The Hall–Kier alpha value is -7.10. The van der Waals surface area contributed by atoms with Gasteiger partial charge in [0.2, 0.25) is 35.4 Å². The highest BCUT2D eigenvalue weighted by Crippen LogP contribution is 2.14. The van der Waals surface area contributed by atoms with Gasteiger partial charge in [0, 0.05) is 25.8 Å². The number of carbonyl (C=O) groups is 7. The number of phenolic OH excluding ortho intramolecular Hbond substituents is 1. The number of guanidine groups is 1. The van der Waals surface area contributed by atoms with E-state index >= 15 is 0 Å². The second kappa shape index (κ2) is 27.3. The molecule has 3 aromatic rings. The number of nitrogens with zero attached hydrogens (tertiary/aromatic N) is 1. The number of aliphatic hydroxyl groups excluding tert-OH is 2. The number of aliphatic hydroxyl groups is 2. The van der Waals surface area contributed by atoms with E-state index in [1.165, 1.54) is 24.3 Å². The molecule has 0 aliphatic heterocycles. The quantitative estimate of drug-likeness (QED) is 0.0220. The average molecular weight is 919 g/mol. The van der Waals surface area contributed by atoms with Gasteiger partial charge in [-0.25, -0.2) is 4.79 Å². The Labute approximate surface area is 382 Å². The average Bonchev–Trinajstić information content (AvgIpc) is 3.28. The number of carboxylic acid groups (broad SMARTS) is 1. The minimum Gasteiger partial charge on any atom is -0.508 e. The molecule has 0 aliphatic carbocycles. The number of aliphatic carboxylic acids is 1. The van der Waals surface area contributed by atoms with E-state index in [2.05, 4.69) is 36.9 Å². The number of carbonyl (C=O) groups excluding carboxylic acids is 6. The Morgan fingerprint density at radius 1 is 0.545 bits per heavy atom. The number of rotatable bonds is 27. The zero-order valence-electron chi connectivity index (χ0n) is 36.9. The molecule has 21 heteroatoms. The summed E-state index contributed by atoms with van der Waals surface area (Å²) in [5.74, 6) is -7.01. The second-order valence-electron chi connectivity index (χ2n) is 16.0. The summed E-state index contributed by atoms with van der Waals surface area (Å²) in [5.41, 5.74) is 18.4. The van der Waals surface area contributed by atoms with Crippen LogP contribution in [0.1, 0.15) is 49.8 Å². The Kier molecular flexibility index (Phi) is 22.0. The van der Waals surface area contributed by atoms with Crippen molar-refractivity contribution in [2.24, 2.45) is 28.1 Å². The molecule has 0 spiro atoms. The molecule has 358 valence electrons. The van der Waals surface area contributed by atoms with Crippen LogP contribution in [0.5, 0.6) is 5.75 Å². The predicted molar refractivity (Wildman–Crippen MR) is 243 cm³/mol. The number of hydrogen-bond donors (Lipinski definition) is 13. The number of nitrogens with two attached hydrogens (primary N) is 3. The van der Waals surface area contributed by atoms with Gasteiger partial charge >= 0.3 is 5.97 Å². The van der Waals surface area contributed by atoms with Crippen molar-refractivity contribution in [1.82, 2.24) is 31.9 Å². The first-order valence-electron chi connectivity index (χ1n) is 21.3. The topological polar surface area (TPSA) is 363 Å². The monoisotopic (exact) mass is 918 g/mol. The summed E-state index contributed by atoms with van der Waals surface area (Å²) >= 11 is 0. The third-order valence-electron chi connectivity index (χ3n) is 10.1. The molecule has 0 unspecified atom stereocenters. The molecule has 0 saturated heterocycles. The third kappa shape index (κ3) is 18.6. The lowest BCUT2D eigenvalue weighted by Crippen LogP contribution is -2.61. The summed E-state index contributed by atoms with van der Waals surface area (Å²) in [6, 6.07) is 13.5. The number of aliphatic imine (C=N–C) groups is 1. The predicted octanol–water partition coefficient (Wildman–Crippen LogP) is -2.17. The number of phenols is 1. The van der Waals surface area contributed by atoms with Crippen molar-refractivity contribution in [2.45, 2.75) is 94.7 Å². The molecule has 16 N–H and O–H groups in total. The van der Waals surface area contributed by atoms with Crippen molar-refractivity contribution in [3.8, 4) is 5.75 Å². The lowest BCUT2D eigenvalue weighted by atomic mass is 9.99. The lowest BCUT2D eigenvalue weighted by Gasteiger charge is -2.28. The molecule has 0 radical (unpaired) electrons. The molecule has 6 amide bonds. The molecule has 66 heavy (non-hydrogen) atoms. The van der Waals surface area contributed by atoms with Crippen LogP contribution in [0, 0.1) is 5.92 Å². The van der Waals surface area contributed by atoms with E-state index < -0.39 is 96.9 Å². The lowest BCUT2D eigenvalue weighted by molar-refractivity contribution is -0.143. The van der Waals surface area contributed by atoms with E-state index in [1.54, 1.807) is 74.5 Å². The van der Waals surface area contributed by atoms with E-state index in [0.717, 1.165) is 0 Å². The van der Waals surface area contributed by atoms with Crippen molar-refractivity contribution in [3.05, 3.63) is 102 Å². The van der Waals surface area contributed by atoms with Crippen LogP contribution < -0.4 is 49.1 Å². The van der Waals surface area contributed by atoms with Crippen LogP contribution in [-0.2, 0) is 52.8 Å².